The number of nitrogens with zero attached hydrogens (tertiary/aromatic N) is 1. The lowest BCUT2D eigenvalue weighted by atomic mass is 9.73. The van der Waals surface area contributed by atoms with Crippen LogP contribution < -0.4 is 4.72 Å². The van der Waals surface area contributed by atoms with Crippen molar-refractivity contribution >= 4 is 44.3 Å². The summed E-state index contributed by atoms with van der Waals surface area (Å²) in [5.41, 5.74) is -2.21. The molecule has 0 saturated carbocycles. The number of carboxylic acid groups (broad SMARTS) is 1. The maximum Gasteiger partial charge on any atom is 0.329 e. The highest BCUT2D eigenvalue weighted by molar-refractivity contribution is 7.89. The second-order valence-corrected chi connectivity index (χ2v) is 10.9. The van der Waals surface area contributed by atoms with Gasteiger partial charge in [-0.25, -0.2) is 13.2 Å². The average molecular weight is 453 g/mol. The molecule has 2 aromatic rings. The van der Waals surface area contributed by atoms with E-state index in [1.54, 1.807) is 45.0 Å². The Bertz CT molecular complexity index is 1130. The molecule has 0 spiro atoms. The molecule has 1 fully saturated rings. The van der Waals surface area contributed by atoms with E-state index in [0.29, 0.717) is 10.4 Å². The van der Waals surface area contributed by atoms with Gasteiger partial charge in [0.2, 0.25) is 15.9 Å². The molecule has 1 aliphatic heterocycles. The monoisotopic (exact) mass is 452 g/mol. The Kier molecular flexibility index (Phi) is 5.64. The number of amides is 1. The molecule has 30 heavy (non-hydrogen) atoms. The van der Waals surface area contributed by atoms with Gasteiger partial charge >= 0.3 is 5.97 Å². The molecule has 2 N–H and O–H groups in total. The van der Waals surface area contributed by atoms with Crippen molar-refractivity contribution in [3.05, 3.63) is 41.4 Å². The fourth-order valence-corrected chi connectivity index (χ4v) is 5.13. The summed E-state index contributed by atoms with van der Waals surface area (Å²) in [5.74, 6) is -1.66. The van der Waals surface area contributed by atoms with Crippen molar-refractivity contribution in [3.63, 3.8) is 0 Å². The highest BCUT2D eigenvalue weighted by Crippen LogP contribution is 2.38. The molecular formula is C21H25ClN2O5S. The highest BCUT2D eigenvalue weighted by Gasteiger charge is 2.54. The van der Waals surface area contributed by atoms with Gasteiger partial charge in [0.1, 0.15) is 11.6 Å². The molecule has 1 saturated heterocycles. The first-order valence-electron chi connectivity index (χ1n) is 9.54. The number of aliphatic carboxylic acids is 1. The maximum absolute atomic E-state index is 13.0. The third kappa shape index (κ3) is 3.79. The number of sulfonamides is 1. The van der Waals surface area contributed by atoms with Crippen molar-refractivity contribution in [2.24, 2.45) is 5.41 Å². The van der Waals surface area contributed by atoms with Crippen LogP contribution in [-0.4, -0.2) is 48.4 Å². The van der Waals surface area contributed by atoms with Gasteiger partial charge in [0.15, 0.2) is 0 Å². The van der Waals surface area contributed by atoms with E-state index in [0.717, 1.165) is 5.39 Å². The molecule has 1 unspecified atom stereocenters. The van der Waals surface area contributed by atoms with Crippen LogP contribution in [0.3, 0.4) is 0 Å². The molecule has 0 aromatic heterocycles. The first-order chi connectivity index (χ1) is 13.8. The second-order valence-electron chi connectivity index (χ2n) is 8.73. The Morgan fingerprint density at radius 3 is 2.33 bits per heavy atom. The summed E-state index contributed by atoms with van der Waals surface area (Å²) in [6.45, 7) is 6.88. The van der Waals surface area contributed by atoms with Gasteiger partial charge < -0.3 is 10.0 Å². The van der Waals surface area contributed by atoms with Gasteiger partial charge in [0.25, 0.3) is 0 Å². The molecule has 1 amide bonds. The number of carboxylic acids is 1. The van der Waals surface area contributed by atoms with Gasteiger partial charge in [-0.15, -0.1) is 0 Å². The van der Waals surface area contributed by atoms with Crippen LogP contribution in [0.15, 0.2) is 41.3 Å². The Hall–Kier alpha value is -2.16. The first-order valence-corrected chi connectivity index (χ1v) is 11.4. The van der Waals surface area contributed by atoms with E-state index in [1.165, 1.54) is 24.0 Å². The largest absolute Gasteiger partial charge is 0.479 e. The molecule has 2 aromatic carbocycles. The lowest BCUT2D eigenvalue weighted by Gasteiger charge is -2.44. The molecule has 0 bridgehead atoms. The van der Waals surface area contributed by atoms with Crippen LogP contribution in [0.4, 0.5) is 0 Å². The number of rotatable bonds is 5. The van der Waals surface area contributed by atoms with Gasteiger partial charge in [-0.3, -0.25) is 4.79 Å². The molecule has 162 valence electrons. The van der Waals surface area contributed by atoms with Crippen molar-refractivity contribution in [1.29, 1.82) is 0 Å². The number of hydrogen-bond donors (Lipinski definition) is 2. The number of hydrogen-bond acceptors (Lipinski definition) is 4. The van der Waals surface area contributed by atoms with Crippen LogP contribution in [0.25, 0.3) is 10.8 Å². The fraction of sp³-hybridized carbons (Fsp3) is 0.429. The SMILES string of the molecule is CC(C)(C)[C@@](C)(C(=O)O)N1CCC(NS(=O)(=O)c2ccc3cc(Cl)ccc3c2)C1=O. The minimum Gasteiger partial charge on any atom is -0.479 e. The summed E-state index contributed by atoms with van der Waals surface area (Å²) in [6.07, 6.45) is 0.195. The Labute approximate surface area is 181 Å². The molecule has 0 aliphatic carbocycles. The quantitative estimate of drug-likeness (QED) is 0.724. The molecular weight excluding hydrogens is 428 g/mol. The summed E-state index contributed by atoms with van der Waals surface area (Å²) >= 11 is 5.97. The molecule has 1 heterocycles. The molecule has 3 rings (SSSR count). The molecule has 1 aliphatic rings. The van der Waals surface area contributed by atoms with Crippen molar-refractivity contribution < 1.29 is 23.1 Å². The summed E-state index contributed by atoms with van der Waals surface area (Å²) in [7, 11) is -3.98. The summed E-state index contributed by atoms with van der Waals surface area (Å²) < 4.78 is 28.3. The number of benzene rings is 2. The molecule has 9 heteroatoms. The van der Waals surface area contributed by atoms with Crippen molar-refractivity contribution in [2.45, 2.75) is 50.6 Å². The third-order valence-electron chi connectivity index (χ3n) is 6.00. The van der Waals surface area contributed by atoms with Crippen LogP contribution in [0.1, 0.15) is 34.1 Å². The van der Waals surface area contributed by atoms with Crippen LogP contribution >= 0.6 is 11.6 Å². The van der Waals surface area contributed by atoms with E-state index in [9.17, 15) is 23.1 Å². The Balaban J connectivity index is 1.87. The molecule has 7 nitrogen and oxygen atoms in total. The zero-order valence-corrected chi connectivity index (χ0v) is 18.8. The number of halogens is 1. The van der Waals surface area contributed by atoms with Gasteiger partial charge in [-0.2, -0.15) is 4.72 Å². The summed E-state index contributed by atoms with van der Waals surface area (Å²) in [6, 6.07) is 8.73. The van der Waals surface area contributed by atoms with Crippen LogP contribution in [0.2, 0.25) is 5.02 Å². The Morgan fingerprint density at radius 1 is 1.13 bits per heavy atom. The summed E-state index contributed by atoms with van der Waals surface area (Å²) in [5, 5.41) is 11.9. The zero-order chi connectivity index (χ0) is 22.5. The molecule has 0 radical (unpaired) electrons. The second kappa shape index (κ2) is 7.51. The molecule has 2 atom stereocenters. The van der Waals surface area contributed by atoms with E-state index < -0.39 is 38.9 Å². The van der Waals surface area contributed by atoms with E-state index in [-0.39, 0.29) is 17.9 Å². The number of carbonyl (C=O) groups excluding carboxylic acids is 1. The smallest absolute Gasteiger partial charge is 0.329 e. The van der Waals surface area contributed by atoms with Gasteiger partial charge in [0.05, 0.1) is 4.90 Å². The zero-order valence-electron chi connectivity index (χ0n) is 17.3. The lowest BCUT2D eigenvalue weighted by molar-refractivity contribution is -0.164. The van der Waals surface area contributed by atoms with E-state index in [1.807, 2.05) is 0 Å². The standard InChI is InChI=1S/C21H25ClN2O5S/c1-20(2,3)21(4,19(26)27)24-10-9-17(18(24)25)23-30(28,29)16-8-6-13-11-15(22)7-5-14(13)12-16/h5-8,11-12,17,23H,9-10H2,1-4H3,(H,26,27)/t17?,21-/m1/s1. The predicted molar refractivity (Wildman–Crippen MR) is 115 cm³/mol. The van der Waals surface area contributed by atoms with E-state index in [2.05, 4.69) is 4.72 Å². The van der Waals surface area contributed by atoms with Gasteiger partial charge in [-0.05, 0) is 53.8 Å². The average Bonchev–Trinajstić information content (AvgIpc) is 2.99. The normalized spacial score (nSPS) is 19.8. The lowest BCUT2D eigenvalue weighted by Crippen LogP contribution is -2.62. The van der Waals surface area contributed by atoms with Crippen molar-refractivity contribution in [1.82, 2.24) is 9.62 Å². The minimum absolute atomic E-state index is 0.0281. The minimum atomic E-state index is -3.98. The van der Waals surface area contributed by atoms with Crippen LogP contribution in [0, 0.1) is 5.41 Å². The highest BCUT2D eigenvalue weighted by atomic mass is 35.5. The van der Waals surface area contributed by atoms with Gasteiger partial charge in [0, 0.05) is 11.6 Å². The predicted octanol–water partition coefficient (Wildman–Crippen LogP) is 3.26. The van der Waals surface area contributed by atoms with Crippen LogP contribution in [-0.2, 0) is 19.6 Å². The maximum atomic E-state index is 13.0. The van der Waals surface area contributed by atoms with Gasteiger partial charge in [-0.1, -0.05) is 44.5 Å². The Morgan fingerprint density at radius 2 is 1.73 bits per heavy atom. The fourth-order valence-electron chi connectivity index (χ4n) is 3.69. The third-order valence-corrected chi connectivity index (χ3v) is 7.71. The van der Waals surface area contributed by atoms with Crippen molar-refractivity contribution in [2.75, 3.05) is 6.54 Å². The number of nitrogens with one attached hydrogen (secondary N) is 1. The number of likely N-dealkylation sites (tertiary alicyclic amines) is 1. The summed E-state index contributed by atoms with van der Waals surface area (Å²) in [4.78, 5) is 26.3. The van der Waals surface area contributed by atoms with Crippen molar-refractivity contribution in [3.8, 4) is 0 Å². The first kappa shape index (κ1) is 22.5. The van der Waals surface area contributed by atoms with E-state index in [4.69, 9.17) is 11.6 Å². The topological polar surface area (TPSA) is 104 Å². The van der Waals surface area contributed by atoms with Crippen LogP contribution in [0.5, 0.6) is 0 Å². The van der Waals surface area contributed by atoms with E-state index >= 15 is 0 Å². The number of fused-ring (bicyclic) bond motifs is 1. The number of carbonyl (C=O) groups is 2.